The van der Waals surface area contributed by atoms with E-state index in [0.29, 0.717) is 6.54 Å². The molecule has 0 saturated heterocycles. The lowest BCUT2D eigenvalue weighted by Gasteiger charge is -2.15. The fourth-order valence-electron chi connectivity index (χ4n) is 1.46. The van der Waals surface area contributed by atoms with E-state index in [2.05, 4.69) is 29.2 Å². The summed E-state index contributed by atoms with van der Waals surface area (Å²) >= 11 is 0. The number of hydrogen-bond acceptors (Lipinski definition) is 2. The molecule has 0 spiro atoms. The third-order valence-corrected chi connectivity index (χ3v) is 2.10. The van der Waals surface area contributed by atoms with E-state index in [4.69, 9.17) is 0 Å². The van der Waals surface area contributed by atoms with Gasteiger partial charge in [0.15, 0.2) is 0 Å². The number of hydrogen-bond donors (Lipinski definition) is 1. The van der Waals surface area contributed by atoms with E-state index in [1.807, 2.05) is 25.2 Å². The summed E-state index contributed by atoms with van der Waals surface area (Å²) in [5, 5.41) is 9.17. The lowest BCUT2D eigenvalue weighted by molar-refractivity contribution is 0.147. The van der Waals surface area contributed by atoms with Gasteiger partial charge in [-0.25, -0.2) is 0 Å². The minimum Gasteiger partial charge on any atom is -0.392 e. The predicted molar refractivity (Wildman–Crippen MR) is 64.7 cm³/mol. The average Bonchev–Trinajstić information content (AvgIpc) is 2.18. The van der Waals surface area contributed by atoms with Crippen LogP contribution in [-0.4, -0.2) is 36.2 Å². The lowest BCUT2D eigenvalue weighted by atomic mass is 10.2. The van der Waals surface area contributed by atoms with E-state index >= 15 is 0 Å². The summed E-state index contributed by atoms with van der Waals surface area (Å²) in [7, 11) is 2.00. The first-order chi connectivity index (χ1) is 7.18. The molecule has 2 nitrogen and oxygen atoms in total. The fourth-order valence-corrected chi connectivity index (χ4v) is 1.46. The Morgan fingerprint density at radius 3 is 2.60 bits per heavy atom. The van der Waals surface area contributed by atoms with Crippen LogP contribution in [0.4, 0.5) is 0 Å². The maximum Gasteiger partial charge on any atom is 0.0639 e. The van der Waals surface area contributed by atoms with Gasteiger partial charge in [-0.2, -0.15) is 0 Å². The monoisotopic (exact) mass is 205 g/mol. The number of likely N-dealkylation sites (N-methyl/N-ethyl adjacent to an activating group) is 1. The molecule has 0 fully saturated rings. The molecule has 0 heterocycles. The quantitative estimate of drug-likeness (QED) is 0.795. The van der Waals surface area contributed by atoms with Crippen LogP contribution >= 0.6 is 0 Å². The van der Waals surface area contributed by atoms with E-state index in [9.17, 15) is 5.11 Å². The van der Waals surface area contributed by atoms with Gasteiger partial charge in [-0.1, -0.05) is 42.5 Å². The Morgan fingerprint density at radius 2 is 2.00 bits per heavy atom. The summed E-state index contributed by atoms with van der Waals surface area (Å²) < 4.78 is 0. The zero-order valence-corrected chi connectivity index (χ0v) is 9.43. The van der Waals surface area contributed by atoms with Crippen molar-refractivity contribution in [2.75, 3.05) is 20.1 Å². The van der Waals surface area contributed by atoms with Crippen molar-refractivity contribution in [1.82, 2.24) is 4.90 Å². The summed E-state index contributed by atoms with van der Waals surface area (Å²) in [6.45, 7) is 3.37. The summed E-state index contributed by atoms with van der Waals surface area (Å²) in [5.74, 6) is 0. The Hall–Kier alpha value is -1.12. The van der Waals surface area contributed by atoms with Crippen molar-refractivity contribution in [1.29, 1.82) is 0 Å². The Labute approximate surface area is 91.9 Å². The molecule has 0 aliphatic heterocycles. The van der Waals surface area contributed by atoms with Crippen LogP contribution in [0.15, 0.2) is 36.4 Å². The molecule has 1 unspecified atom stereocenters. The molecule has 0 amide bonds. The van der Waals surface area contributed by atoms with Crippen molar-refractivity contribution in [3.63, 3.8) is 0 Å². The normalized spacial score (nSPS) is 13.6. The van der Waals surface area contributed by atoms with Gasteiger partial charge in [-0.3, -0.25) is 0 Å². The molecule has 1 atom stereocenters. The van der Waals surface area contributed by atoms with Gasteiger partial charge in [0, 0.05) is 13.1 Å². The smallest absolute Gasteiger partial charge is 0.0639 e. The second kappa shape index (κ2) is 6.38. The molecule has 1 N–H and O–H groups in total. The second-order valence-corrected chi connectivity index (χ2v) is 3.88. The predicted octanol–water partition coefficient (Wildman–Crippen LogP) is 2.01. The van der Waals surface area contributed by atoms with Crippen molar-refractivity contribution >= 4 is 6.08 Å². The molecule has 1 aromatic carbocycles. The van der Waals surface area contributed by atoms with E-state index < -0.39 is 0 Å². The highest BCUT2D eigenvalue weighted by atomic mass is 16.3. The maximum absolute atomic E-state index is 9.17. The molecule has 2 heteroatoms. The zero-order chi connectivity index (χ0) is 11.1. The average molecular weight is 205 g/mol. The molecule has 82 valence electrons. The molecule has 1 rings (SSSR count). The lowest BCUT2D eigenvalue weighted by Crippen LogP contribution is -2.27. The molecule has 15 heavy (non-hydrogen) atoms. The van der Waals surface area contributed by atoms with Crippen LogP contribution in [0.3, 0.4) is 0 Å². The van der Waals surface area contributed by atoms with Crippen LogP contribution in [0.1, 0.15) is 12.5 Å². The van der Waals surface area contributed by atoms with Gasteiger partial charge < -0.3 is 10.0 Å². The molecule has 1 aromatic rings. The number of nitrogens with zero attached hydrogens (tertiary/aromatic N) is 1. The van der Waals surface area contributed by atoms with Gasteiger partial charge in [-0.15, -0.1) is 0 Å². The van der Waals surface area contributed by atoms with E-state index in [1.165, 1.54) is 5.56 Å². The molecular weight excluding hydrogens is 186 g/mol. The topological polar surface area (TPSA) is 23.5 Å². The molecule has 0 radical (unpaired) electrons. The summed E-state index contributed by atoms with van der Waals surface area (Å²) in [5.41, 5.74) is 1.21. The highest BCUT2D eigenvalue weighted by molar-refractivity contribution is 5.48. The van der Waals surface area contributed by atoms with Gasteiger partial charge >= 0.3 is 0 Å². The van der Waals surface area contributed by atoms with Crippen molar-refractivity contribution in [2.45, 2.75) is 13.0 Å². The second-order valence-electron chi connectivity index (χ2n) is 3.88. The summed E-state index contributed by atoms with van der Waals surface area (Å²) in [4.78, 5) is 2.09. The first kappa shape index (κ1) is 12.0. The Balaban J connectivity index is 2.34. The zero-order valence-electron chi connectivity index (χ0n) is 9.43. The highest BCUT2D eigenvalue weighted by Crippen LogP contribution is 2.01. The van der Waals surface area contributed by atoms with Crippen molar-refractivity contribution in [2.24, 2.45) is 0 Å². The van der Waals surface area contributed by atoms with E-state index in [-0.39, 0.29) is 6.10 Å². The van der Waals surface area contributed by atoms with Crippen molar-refractivity contribution < 1.29 is 5.11 Å². The minimum atomic E-state index is -0.264. The molecule has 0 bridgehead atoms. The van der Waals surface area contributed by atoms with Gasteiger partial charge in [0.25, 0.3) is 0 Å². The molecular formula is C13H19NO. The minimum absolute atomic E-state index is 0.264. The van der Waals surface area contributed by atoms with Crippen molar-refractivity contribution in [3.8, 4) is 0 Å². The number of benzene rings is 1. The largest absolute Gasteiger partial charge is 0.392 e. The number of aliphatic hydroxyl groups is 1. The maximum atomic E-state index is 9.17. The molecule has 0 aromatic heterocycles. The van der Waals surface area contributed by atoms with Gasteiger partial charge in [-0.05, 0) is 19.5 Å². The first-order valence-electron chi connectivity index (χ1n) is 5.26. The molecule has 0 aliphatic carbocycles. The Kier molecular flexibility index (Phi) is 5.08. The Morgan fingerprint density at radius 1 is 1.33 bits per heavy atom. The van der Waals surface area contributed by atoms with Crippen LogP contribution in [0, 0.1) is 0 Å². The van der Waals surface area contributed by atoms with Gasteiger partial charge in [0.05, 0.1) is 6.10 Å². The third-order valence-electron chi connectivity index (χ3n) is 2.10. The van der Waals surface area contributed by atoms with Crippen LogP contribution in [0.25, 0.3) is 6.08 Å². The van der Waals surface area contributed by atoms with Crippen molar-refractivity contribution in [3.05, 3.63) is 42.0 Å². The molecule has 0 saturated carbocycles. The van der Waals surface area contributed by atoms with Crippen LogP contribution in [0.5, 0.6) is 0 Å². The summed E-state index contributed by atoms with van der Waals surface area (Å²) in [6.07, 6.45) is 3.94. The number of aliphatic hydroxyl groups excluding tert-OH is 1. The molecule has 0 aliphatic rings. The van der Waals surface area contributed by atoms with Gasteiger partial charge in [0.2, 0.25) is 0 Å². The van der Waals surface area contributed by atoms with Gasteiger partial charge in [0.1, 0.15) is 0 Å². The van der Waals surface area contributed by atoms with E-state index in [1.54, 1.807) is 6.92 Å². The van der Waals surface area contributed by atoms with Crippen LogP contribution in [0.2, 0.25) is 0 Å². The Bertz CT molecular complexity index is 293. The first-order valence-corrected chi connectivity index (χ1v) is 5.26. The number of rotatable bonds is 5. The third kappa shape index (κ3) is 5.35. The van der Waals surface area contributed by atoms with Crippen LogP contribution < -0.4 is 0 Å². The SMILES string of the molecule is CC(O)CN(C)CC=Cc1ccccc1. The highest BCUT2D eigenvalue weighted by Gasteiger charge is 1.99. The standard InChI is InChI=1S/C13H19NO/c1-12(15)11-14(2)10-6-9-13-7-4-3-5-8-13/h3-9,12,15H,10-11H2,1-2H3. The van der Waals surface area contributed by atoms with E-state index in [0.717, 1.165) is 6.54 Å². The fraction of sp³-hybridized carbons (Fsp3) is 0.385. The van der Waals surface area contributed by atoms with Crippen LogP contribution in [-0.2, 0) is 0 Å². The summed E-state index contributed by atoms with van der Waals surface area (Å²) in [6, 6.07) is 10.2.